The van der Waals surface area contributed by atoms with E-state index >= 15 is 0 Å². The first-order valence-corrected chi connectivity index (χ1v) is 5.46. The fourth-order valence-corrected chi connectivity index (χ4v) is 1.31. The van der Waals surface area contributed by atoms with Gasteiger partial charge in [0.05, 0.1) is 11.7 Å². The van der Waals surface area contributed by atoms with Gasteiger partial charge in [0.15, 0.2) is 0 Å². The van der Waals surface area contributed by atoms with Crippen LogP contribution < -0.4 is 0 Å². The van der Waals surface area contributed by atoms with E-state index in [4.69, 9.17) is 4.74 Å². The zero-order valence-corrected chi connectivity index (χ0v) is 9.88. The van der Waals surface area contributed by atoms with Crippen LogP contribution >= 0.6 is 0 Å². The van der Waals surface area contributed by atoms with Gasteiger partial charge in [-0.25, -0.2) is 4.79 Å². The molecule has 0 aliphatic heterocycles. The summed E-state index contributed by atoms with van der Waals surface area (Å²) in [5.41, 5.74) is 0.534. The van der Waals surface area contributed by atoms with Crippen molar-refractivity contribution >= 4 is 5.97 Å². The summed E-state index contributed by atoms with van der Waals surface area (Å²) in [6.07, 6.45) is -0.786. The minimum Gasteiger partial charge on any atom is -0.459 e. The van der Waals surface area contributed by atoms with Gasteiger partial charge in [-0.1, -0.05) is 25.1 Å². The molecule has 0 aliphatic rings. The van der Waals surface area contributed by atoms with E-state index < -0.39 is 6.10 Å². The van der Waals surface area contributed by atoms with Gasteiger partial charge < -0.3 is 9.84 Å². The van der Waals surface area contributed by atoms with E-state index in [-0.39, 0.29) is 18.0 Å². The molecule has 0 unspecified atom stereocenters. The van der Waals surface area contributed by atoms with Crippen LogP contribution in [0.3, 0.4) is 0 Å². The number of carbonyl (C=O) groups excluding carboxylic acids is 1. The van der Waals surface area contributed by atoms with E-state index in [1.54, 1.807) is 38.1 Å². The molecule has 16 heavy (non-hydrogen) atoms. The van der Waals surface area contributed by atoms with Gasteiger partial charge in [-0.2, -0.15) is 0 Å². The quantitative estimate of drug-likeness (QED) is 0.795. The van der Waals surface area contributed by atoms with Crippen molar-refractivity contribution in [2.45, 2.75) is 33.0 Å². The van der Waals surface area contributed by atoms with Crippen LogP contribution in [-0.2, 0) is 4.74 Å². The third-order valence-corrected chi connectivity index (χ3v) is 2.80. The minimum atomic E-state index is -0.487. The fraction of sp³-hybridized carbons (Fsp3) is 0.462. The first-order valence-electron chi connectivity index (χ1n) is 5.46. The lowest BCUT2D eigenvalue weighted by molar-refractivity contribution is -0.00188. The number of benzene rings is 1. The summed E-state index contributed by atoms with van der Waals surface area (Å²) < 4.78 is 5.26. The summed E-state index contributed by atoms with van der Waals surface area (Å²) >= 11 is 0. The van der Waals surface area contributed by atoms with Crippen LogP contribution in [-0.4, -0.2) is 23.3 Å². The monoisotopic (exact) mass is 222 g/mol. The average Bonchev–Trinajstić information content (AvgIpc) is 2.28. The Morgan fingerprint density at radius 1 is 1.19 bits per heavy atom. The number of aliphatic hydroxyl groups is 1. The first kappa shape index (κ1) is 12.7. The van der Waals surface area contributed by atoms with Crippen LogP contribution in [0.5, 0.6) is 0 Å². The lowest BCUT2D eigenvalue weighted by Gasteiger charge is -2.22. The predicted octanol–water partition coefficient (Wildman–Crippen LogP) is 2.25. The topological polar surface area (TPSA) is 46.5 Å². The second-order valence-electron chi connectivity index (χ2n) is 4.08. The zero-order chi connectivity index (χ0) is 12.1. The average molecular weight is 222 g/mol. The highest BCUT2D eigenvalue weighted by Crippen LogP contribution is 2.13. The Bertz CT molecular complexity index is 332. The summed E-state index contributed by atoms with van der Waals surface area (Å²) in [6.45, 7) is 5.34. The molecule has 3 atom stereocenters. The van der Waals surface area contributed by atoms with Gasteiger partial charge in [0.25, 0.3) is 0 Å². The minimum absolute atomic E-state index is 0.0762. The van der Waals surface area contributed by atoms with Crippen molar-refractivity contribution in [3.05, 3.63) is 35.9 Å². The van der Waals surface area contributed by atoms with Crippen molar-refractivity contribution in [2.24, 2.45) is 5.92 Å². The molecule has 0 bridgehead atoms. The molecule has 88 valence electrons. The third kappa shape index (κ3) is 3.35. The van der Waals surface area contributed by atoms with E-state index in [1.807, 2.05) is 13.0 Å². The Kier molecular flexibility index (Phi) is 4.50. The maximum Gasteiger partial charge on any atom is 0.338 e. The van der Waals surface area contributed by atoms with Gasteiger partial charge in [0, 0.05) is 5.92 Å². The van der Waals surface area contributed by atoms with Gasteiger partial charge in [-0.15, -0.1) is 0 Å². The standard InChI is InChI=1S/C13H18O3/c1-9(10(2)14)11(3)16-13(15)12-7-5-4-6-8-12/h4-11,14H,1-3H3/t9-,10+,11+/m1/s1. The summed E-state index contributed by atoms with van der Waals surface area (Å²) in [5.74, 6) is -0.423. The number of aliphatic hydroxyl groups excluding tert-OH is 1. The van der Waals surface area contributed by atoms with Gasteiger partial charge in [0.2, 0.25) is 0 Å². The van der Waals surface area contributed by atoms with Crippen LogP contribution in [0, 0.1) is 5.92 Å². The van der Waals surface area contributed by atoms with Gasteiger partial charge >= 0.3 is 5.97 Å². The Labute approximate surface area is 96.1 Å². The molecule has 1 rings (SSSR count). The highest BCUT2D eigenvalue weighted by atomic mass is 16.5. The largest absolute Gasteiger partial charge is 0.459 e. The molecule has 0 fully saturated rings. The predicted molar refractivity (Wildman–Crippen MR) is 62.2 cm³/mol. The molecule has 0 radical (unpaired) electrons. The molecular formula is C13H18O3. The Hall–Kier alpha value is -1.35. The summed E-state index contributed by atoms with van der Waals surface area (Å²) in [4.78, 5) is 11.7. The lowest BCUT2D eigenvalue weighted by atomic mass is 10.0. The highest BCUT2D eigenvalue weighted by molar-refractivity contribution is 5.89. The molecule has 3 nitrogen and oxygen atoms in total. The summed E-state index contributed by atoms with van der Waals surface area (Å²) in [6, 6.07) is 8.85. The second kappa shape index (κ2) is 5.66. The number of hydrogen-bond acceptors (Lipinski definition) is 3. The van der Waals surface area contributed by atoms with Crippen molar-refractivity contribution in [3.63, 3.8) is 0 Å². The molecule has 3 heteroatoms. The van der Waals surface area contributed by atoms with Gasteiger partial charge in [-0.05, 0) is 26.0 Å². The molecule has 1 aromatic carbocycles. The molecule has 0 aliphatic carbocycles. The fourth-order valence-electron chi connectivity index (χ4n) is 1.31. The summed E-state index contributed by atoms with van der Waals surface area (Å²) in [5, 5.41) is 9.38. The van der Waals surface area contributed by atoms with Crippen molar-refractivity contribution < 1.29 is 14.6 Å². The van der Waals surface area contributed by atoms with Crippen molar-refractivity contribution in [2.75, 3.05) is 0 Å². The van der Waals surface area contributed by atoms with E-state index in [2.05, 4.69) is 0 Å². The molecule has 0 saturated carbocycles. The second-order valence-corrected chi connectivity index (χ2v) is 4.08. The van der Waals surface area contributed by atoms with Crippen molar-refractivity contribution in [1.29, 1.82) is 0 Å². The third-order valence-electron chi connectivity index (χ3n) is 2.80. The molecule has 0 aromatic heterocycles. The van der Waals surface area contributed by atoms with E-state index in [0.29, 0.717) is 5.56 Å². The Balaban J connectivity index is 2.59. The normalized spacial score (nSPS) is 16.2. The van der Waals surface area contributed by atoms with Gasteiger partial charge in [-0.3, -0.25) is 0 Å². The van der Waals surface area contributed by atoms with E-state index in [1.165, 1.54) is 0 Å². The number of carbonyl (C=O) groups is 1. The molecule has 1 aromatic rings. The van der Waals surface area contributed by atoms with Crippen molar-refractivity contribution in [1.82, 2.24) is 0 Å². The summed E-state index contributed by atoms with van der Waals surface area (Å²) in [7, 11) is 0. The van der Waals surface area contributed by atoms with E-state index in [9.17, 15) is 9.90 Å². The number of esters is 1. The van der Waals surface area contributed by atoms with Crippen LogP contribution in [0.4, 0.5) is 0 Å². The lowest BCUT2D eigenvalue weighted by Crippen LogP contribution is -2.29. The van der Waals surface area contributed by atoms with E-state index in [0.717, 1.165) is 0 Å². The number of ether oxygens (including phenoxy) is 1. The molecule has 0 saturated heterocycles. The zero-order valence-electron chi connectivity index (χ0n) is 9.88. The molecule has 0 amide bonds. The Morgan fingerprint density at radius 3 is 2.25 bits per heavy atom. The molecule has 1 N–H and O–H groups in total. The molecule has 0 spiro atoms. The molecule has 0 heterocycles. The van der Waals surface area contributed by atoms with Crippen molar-refractivity contribution in [3.8, 4) is 0 Å². The maximum atomic E-state index is 11.7. The number of rotatable bonds is 4. The SMILES string of the molecule is C[C@H]([C@H](C)O)[C@H](C)OC(=O)c1ccccc1. The smallest absolute Gasteiger partial charge is 0.338 e. The van der Waals surface area contributed by atoms with Crippen LogP contribution in [0.25, 0.3) is 0 Å². The highest BCUT2D eigenvalue weighted by Gasteiger charge is 2.21. The van der Waals surface area contributed by atoms with Gasteiger partial charge in [0.1, 0.15) is 6.10 Å². The van der Waals surface area contributed by atoms with Crippen LogP contribution in [0.2, 0.25) is 0 Å². The Morgan fingerprint density at radius 2 is 1.75 bits per heavy atom. The first-order chi connectivity index (χ1) is 7.52. The maximum absolute atomic E-state index is 11.7. The molecular weight excluding hydrogens is 204 g/mol. The van der Waals surface area contributed by atoms with Crippen LogP contribution in [0.1, 0.15) is 31.1 Å². The van der Waals surface area contributed by atoms with Crippen LogP contribution in [0.15, 0.2) is 30.3 Å². The number of hydrogen-bond donors (Lipinski definition) is 1.